The van der Waals surface area contributed by atoms with Gasteiger partial charge in [-0.25, -0.2) is 0 Å². The predicted molar refractivity (Wildman–Crippen MR) is 88.1 cm³/mol. The van der Waals surface area contributed by atoms with Crippen LogP contribution < -0.4 is 5.32 Å². The lowest BCUT2D eigenvalue weighted by molar-refractivity contribution is 0.114. The first-order valence-corrected chi connectivity index (χ1v) is 9.21. The number of rotatable bonds is 8. The average molecular weight is 280 g/mol. The lowest BCUT2D eigenvalue weighted by atomic mass is 9.73. The van der Waals surface area contributed by atoms with Gasteiger partial charge in [0.15, 0.2) is 0 Å². The lowest BCUT2D eigenvalue weighted by Crippen LogP contribution is -2.45. The van der Waals surface area contributed by atoms with Crippen LogP contribution in [-0.2, 0) is 0 Å². The summed E-state index contributed by atoms with van der Waals surface area (Å²) in [6, 6.07) is 0. The highest BCUT2D eigenvalue weighted by molar-refractivity contribution is 4.90. The Morgan fingerprint density at radius 2 is 1.90 bits per heavy atom. The van der Waals surface area contributed by atoms with Gasteiger partial charge in [0, 0.05) is 19.6 Å². The van der Waals surface area contributed by atoms with Crippen LogP contribution in [0, 0.1) is 11.3 Å². The highest BCUT2D eigenvalue weighted by atomic mass is 15.2. The zero-order valence-corrected chi connectivity index (χ0v) is 13.9. The molecule has 0 aromatic carbocycles. The Balaban J connectivity index is 1.84. The molecule has 1 heterocycles. The summed E-state index contributed by atoms with van der Waals surface area (Å²) in [5.74, 6) is 0.990. The van der Waals surface area contributed by atoms with Crippen molar-refractivity contribution in [2.75, 3.05) is 32.7 Å². The fraction of sp³-hybridized carbons (Fsp3) is 1.00. The number of hydrogen-bond donors (Lipinski definition) is 1. The van der Waals surface area contributed by atoms with Crippen molar-refractivity contribution >= 4 is 0 Å². The molecule has 1 atom stereocenters. The van der Waals surface area contributed by atoms with Crippen LogP contribution in [0.5, 0.6) is 0 Å². The Morgan fingerprint density at radius 1 is 1.10 bits per heavy atom. The van der Waals surface area contributed by atoms with Crippen LogP contribution in [0.2, 0.25) is 0 Å². The van der Waals surface area contributed by atoms with E-state index in [0.29, 0.717) is 5.41 Å². The monoisotopic (exact) mass is 280 g/mol. The van der Waals surface area contributed by atoms with Gasteiger partial charge in [-0.3, -0.25) is 0 Å². The molecule has 0 bridgehead atoms. The molecular weight excluding hydrogens is 244 g/mol. The summed E-state index contributed by atoms with van der Waals surface area (Å²) < 4.78 is 0. The zero-order chi connectivity index (χ0) is 14.3. The van der Waals surface area contributed by atoms with Crippen molar-refractivity contribution in [1.29, 1.82) is 0 Å². The van der Waals surface area contributed by atoms with Crippen molar-refractivity contribution < 1.29 is 0 Å². The van der Waals surface area contributed by atoms with Crippen molar-refractivity contribution in [2.45, 2.75) is 71.6 Å². The zero-order valence-electron chi connectivity index (χ0n) is 13.9. The van der Waals surface area contributed by atoms with E-state index in [0.717, 1.165) is 5.92 Å². The second kappa shape index (κ2) is 8.38. The molecule has 1 aliphatic carbocycles. The van der Waals surface area contributed by atoms with Gasteiger partial charge in [0.1, 0.15) is 0 Å². The van der Waals surface area contributed by atoms with Crippen molar-refractivity contribution in [1.82, 2.24) is 10.2 Å². The Kier molecular flexibility index (Phi) is 6.83. The first kappa shape index (κ1) is 16.3. The van der Waals surface area contributed by atoms with Crippen molar-refractivity contribution in [3.8, 4) is 0 Å². The highest BCUT2D eigenvalue weighted by Crippen LogP contribution is 2.38. The van der Waals surface area contributed by atoms with Gasteiger partial charge in [-0.05, 0) is 56.5 Å². The maximum absolute atomic E-state index is 3.73. The first-order chi connectivity index (χ1) is 9.78. The first-order valence-electron chi connectivity index (χ1n) is 9.21. The SMILES string of the molecule is CCCNCC1(CN2CCC(CCC)C2)CCCCC1. The van der Waals surface area contributed by atoms with Crippen LogP contribution in [0.1, 0.15) is 71.6 Å². The van der Waals surface area contributed by atoms with E-state index < -0.39 is 0 Å². The minimum atomic E-state index is 0.592. The molecule has 2 heteroatoms. The van der Waals surface area contributed by atoms with Crippen molar-refractivity contribution in [3.05, 3.63) is 0 Å². The molecule has 0 amide bonds. The Hall–Kier alpha value is -0.0800. The molecule has 0 aromatic rings. The van der Waals surface area contributed by atoms with Gasteiger partial charge in [0.25, 0.3) is 0 Å². The quantitative estimate of drug-likeness (QED) is 0.675. The lowest BCUT2D eigenvalue weighted by Gasteiger charge is -2.40. The largest absolute Gasteiger partial charge is 0.316 e. The van der Waals surface area contributed by atoms with Crippen LogP contribution in [0.25, 0.3) is 0 Å². The highest BCUT2D eigenvalue weighted by Gasteiger charge is 2.35. The third kappa shape index (κ3) is 4.73. The molecule has 1 N–H and O–H groups in total. The Bertz CT molecular complexity index is 258. The molecule has 2 nitrogen and oxygen atoms in total. The Morgan fingerprint density at radius 3 is 2.60 bits per heavy atom. The third-order valence-electron chi connectivity index (χ3n) is 5.47. The molecular formula is C18H36N2. The average Bonchev–Trinajstić information content (AvgIpc) is 2.88. The molecule has 2 rings (SSSR count). The van der Waals surface area contributed by atoms with Crippen LogP contribution >= 0.6 is 0 Å². The molecule has 20 heavy (non-hydrogen) atoms. The molecule has 1 saturated carbocycles. The van der Waals surface area contributed by atoms with E-state index in [-0.39, 0.29) is 0 Å². The standard InChI is InChI=1S/C18H36N2/c1-3-8-17-9-13-20(14-17)16-18(15-19-12-4-2)10-6-5-7-11-18/h17,19H,3-16H2,1-2H3. The van der Waals surface area contributed by atoms with E-state index in [2.05, 4.69) is 24.1 Å². The van der Waals surface area contributed by atoms with Crippen LogP contribution in [0.3, 0.4) is 0 Å². The van der Waals surface area contributed by atoms with Crippen LogP contribution in [0.15, 0.2) is 0 Å². The second-order valence-electron chi connectivity index (χ2n) is 7.42. The topological polar surface area (TPSA) is 15.3 Å². The van der Waals surface area contributed by atoms with Gasteiger partial charge in [-0.2, -0.15) is 0 Å². The molecule has 1 saturated heterocycles. The van der Waals surface area contributed by atoms with E-state index in [1.165, 1.54) is 90.5 Å². The summed E-state index contributed by atoms with van der Waals surface area (Å²) in [6.07, 6.45) is 12.8. The third-order valence-corrected chi connectivity index (χ3v) is 5.47. The molecule has 1 aliphatic heterocycles. The van der Waals surface area contributed by atoms with Gasteiger partial charge in [0.05, 0.1) is 0 Å². The summed E-state index contributed by atoms with van der Waals surface area (Å²) >= 11 is 0. The molecule has 0 radical (unpaired) electrons. The summed E-state index contributed by atoms with van der Waals surface area (Å²) in [5.41, 5.74) is 0.592. The normalized spacial score (nSPS) is 27.0. The molecule has 0 aromatic heterocycles. The summed E-state index contributed by atoms with van der Waals surface area (Å²) in [5, 5.41) is 3.73. The summed E-state index contributed by atoms with van der Waals surface area (Å²) in [7, 11) is 0. The molecule has 0 spiro atoms. The molecule has 118 valence electrons. The van der Waals surface area contributed by atoms with E-state index in [1.807, 2.05) is 0 Å². The van der Waals surface area contributed by atoms with Crippen LogP contribution in [0.4, 0.5) is 0 Å². The minimum Gasteiger partial charge on any atom is -0.316 e. The van der Waals surface area contributed by atoms with E-state index in [9.17, 15) is 0 Å². The van der Waals surface area contributed by atoms with Gasteiger partial charge < -0.3 is 10.2 Å². The number of nitrogens with zero attached hydrogens (tertiary/aromatic N) is 1. The Labute approximate surface area is 126 Å². The smallest absolute Gasteiger partial charge is 0.00503 e. The number of nitrogens with one attached hydrogen (secondary N) is 1. The van der Waals surface area contributed by atoms with E-state index in [1.54, 1.807) is 0 Å². The summed E-state index contributed by atoms with van der Waals surface area (Å²) in [6.45, 7) is 11.2. The number of hydrogen-bond acceptors (Lipinski definition) is 2. The van der Waals surface area contributed by atoms with Gasteiger partial charge in [-0.1, -0.05) is 39.5 Å². The van der Waals surface area contributed by atoms with Gasteiger partial charge >= 0.3 is 0 Å². The molecule has 2 fully saturated rings. The second-order valence-corrected chi connectivity index (χ2v) is 7.42. The number of likely N-dealkylation sites (tertiary alicyclic amines) is 1. The van der Waals surface area contributed by atoms with Crippen molar-refractivity contribution in [2.24, 2.45) is 11.3 Å². The molecule has 1 unspecified atom stereocenters. The van der Waals surface area contributed by atoms with Crippen molar-refractivity contribution in [3.63, 3.8) is 0 Å². The predicted octanol–water partition coefficient (Wildman–Crippen LogP) is 4.06. The van der Waals surface area contributed by atoms with Gasteiger partial charge in [0.2, 0.25) is 0 Å². The maximum atomic E-state index is 3.73. The van der Waals surface area contributed by atoms with Gasteiger partial charge in [-0.15, -0.1) is 0 Å². The van der Waals surface area contributed by atoms with E-state index >= 15 is 0 Å². The maximum Gasteiger partial charge on any atom is 0.00503 e. The summed E-state index contributed by atoms with van der Waals surface area (Å²) in [4.78, 5) is 2.79. The minimum absolute atomic E-state index is 0.592. The molecule has 2 aliphatic rings. The fourth-order valence-corrected chi connectivity index (χ4v) is 4.40. The fourth-order valence-electron chi connectivity index (χ4n) is 4.40. The van der Waals surface area contributed by atoms with E-state index in [4.69, 9.17) is 0 Å². The van der Waals surface area contributed by atoms with Crippen LogP contribution in [-0.4, -0.2) is 37.6 Å².